The number of amides is 2. The van der Waals surface area contributed by atoms with Crippen molar-refractivity contribution in [3.8, 4) is 0 Å². The minimum Gasteiger partial charge on any atom is -0.477 e. The molecule has 2 aliphatic rings. The highest BCUT2D eigenvalue weighted by Gasteiger charge is 2.54. The first-order valence-electron chi connectivity index (χ1n) is 10.1. The monoisotopic (exact) mass is 525 g/mol. The fourth-order valence-electron chi connectivity index (χ4n) is 3.65. The molecule has 0 saturated carbocycles. The summed E-state index contributed by atoms with van der Waals surface area (Å²) in [5, 5.41) is 16.1. The van der Waals surface area contributed by atoms with Crippen molar-refractivity contribution < 1.29 is 37.7 Å². The number of hydrogen-bond acceptors (Lipinski definition) is 9. The van der Waals surface area contributed by atoms with Gasteiger partial charge in [0, 0.05) is 35.8 Å². The Bertz CT molecular complexity index is 1250. The number of nitrogens with zero attached hydrogens (tertiary/aromatic N) is 4. The van der Waals surface area contributed by atoms with E-state index in [0.717, 1.165) is 21.9 Å². The molecular formula is C20H19F2N6O5S2+. The van der Waals surface area contributed by atoms with Crippen LogP contribution in [0.3, 0.4) is 0 Å². The lowest BCUT2D eigenvalue weighted by Gasteiger charge is -2.49. The molecule has 2 amide bonds. The van der Waals surface area contributed by atoms with Crippen LogP contribution in [0, 0.1) is 6.92 Å². The van der Waals surface area contributed by atoms with Crippen LogP contribution in [-0.2, 0) is 25.8 Å². The molecule has 4 N–H and O–H groups in total. The lowest BCUT2D eigenvalue weighted by atomic mass is 10.0. The number of halogens is 2. The summed E-state index contributed by atoms with van der Waals surface area (Å²) >= 11 is 2.24. The molecule has 1 unspecified atom stereocenters. The second kappa shape index (κ2) is 9.95. The number of oxime groups is 1. The van der Waals surface area contributed by atoms with Crippen LogP contribution in [-0.4, -0.2) is 62.3 Å². The Hall–Kier alpha value is -3.59. The number of aromatic nitrogens is 2. The lowest BCUT2D eigenvalue weighted by molar-refractivity contribution is -0.695. The van der Waals surface area contributed by atoms with Crippen molar-refractivity contribution in [2.24, 2.45) is 5.16 Å². The molecule has 1 saturated heterocycles. The molecule has 0 aliphatic carbocycles. The highest BCUT2D eigenvalue weighted by Crippen LogP contribution is 2.40. The zero-order valence-corrected chi connectivity index (χ0v) is 19.7. The van der Waals surface area contributed by atoms with E-state index in [1.54, 1.807) is 0 Å². The third-order valence-electron chi connectivity index (χ3n) is 5.27. The lowest BCUT2D eigenvalue weighted by Crippen LogP contribution is -2.71. The van der Waals surface area contributed by atoms with Gasteiger partial charge in [0.2, 0.25) is 0 Å². The van der Waals surface area contributed by atoms with E-state index in [4.69, 9.17) is 5.73 Å². The number of carbonyl (C=O) groups is 3. The molecule has 2 aromatic heterocycles. The molecule has 0 bridgehead atoms. The van der Waals surface area contributed by atoms with Gasteiger partial charge in [-0.3, -0.25) is 14.5 Å². The topological polar surface area (TPSA) is 151 Å². The fourth-order valence-corrected chi connectivity index (χ4v) is 5.54. The van der Waals surface area contributed by atoms with Crippen LogP contribution in [0.15, 0.2) is 46.2 Å². The number of nitrogens with two attached hydrogens (primary N) is 1. The minimum absolute atomic E-state index is 0.0709. The Kier molecular flexibility index (Phi) is 6.98. The SMILES string of the molecule is Cc1cccc[n+]1CC1=C(C(=O)O)N2C(=O)C(NC(=O)C(=NOC(F)F)c3csc(N)n3)[C@@H]2SC1. The fraction of sp³-hybridized carbons (Fsp3) is 0.300. The number of aliphatic carboxylic acids is 1. The van der Waals surface area contributed by atoms with Gasteiger partial charge in [0.15, 0.2) is 29.3 Å². The van der Waals surface area contributed by atoms with Gasteiger partial charge in [0.1, 0.15) is 22.8 Å². The summed E-state index contributed by atoms with van der Waals surface area (Å²) in [6.45, 7) is -1.12. The third-order valence-corrected chi connectivity index (χ3v) is 7.28. The van der Waals surface area contributed by atoms with Crippen LogP contribution in [0.4, 0.5) is 13.9 Å². The Balaban J connectivity index is 1.55. The Morgan fingerprint density at radius 1 is 1.46 bits per heavy atom. The molecule has 1 fully saturated rings. The summed E-state index contributed by atoms with van der Waals surface area (Å²) < 4.78 is 26.9. The summed E-state index contributed by atoms with van der Waals surface area (Å²) in [5.74, 6) is -2.59. The van der Waals surface area contributed by atoms with Crippen molar-refractivity contribution in [3.63, 3.8) is 0 Å². The van der Waals surface area contributed by atoms with Crippen LogP contribution in [0.2, 0.25) is 0 Å². The smallest absolute Gasteiger partial charge is 0.407 e. The van der Waals surface area contributed by atoms with E-state index in [1.807, 2.05) is 35.9 Å². The Morgan fingerprint density at radius 3 is 2.86 bits per heavy atom. The quantitative estimate of drug-likeness (QED) is 0.197. The normalized spacial score (nSPS) is 19.9. The molecular weight excluding hydrogens is 506 g/mol. The molecule has 4 rings (SSSR count). The van der Waals surface area contributed by atoms with Crippen LogP contribution in [0.1, 0.15) is 11.4 Å². The van der Waals surface area contributed by atoms with Gasteiger partial charge in [-0.1, -0.05) is 11.2 Å². The number of nitrogens with one attached hydrogen (secondary N) is 1. The Morgan fingerprint density at radius 2 is 2.23 bits per heavy atom. The number of fused-ring (bicyclic) bond motifs is 1. The van der Waals surface area contributed by atoms with E-state index in [-0.39, 0.29) is 23.1 Å². The second-order valence-corrected chi connectivity index (χ2v) is 9.46. The predicted octanol–water partition coefficient (Wildman–Crippen LogP) is 0.703. The van der Waals surface area contributed by atoms with Crippen LogP contribution in [0.5, 0.6) is 0 Å². The Labute approximate surface area is 205 Å². The number of rotatable bonds is 8. The van der Waals surface area contributed by atoms with Gasteiger partial charge in [0.05, 0.1) is 0 Å². The minimum atomic E-state index is -3.28. The number of alkyl halides is 2. The molecule has 0 aromatic carbocycles. The number of thiazole rings is 1. The molecule has 15 heteroatoms. The van der Waals surface area contributed by atoms with Gasteiger partial charge in [-0.25, -0.2) is 9.78 Å². The van der Waals surface area contributed by atoms with Gasteiger partial charge in [-0.2, -0.15) is 13.3 Å². The van der Waals surface area contributed by atoms with Crippen molar-refractivity contribution in [2.75, 3.05) is 11.5 Å². The molecule has 0 spiro atoms. The number of hydrogen-bond donors (Lipinski definition) is 3. The molecule has 2 aromatic rings. The number of carboxylic acids is 1. The molecule has 184 valence electrons. The van der Waals surface area contributed by atoms with Crippen LogP contribution >= 0.6 is 23.1 Å². The van der Waals surface area contributed by atoms with Gasteiger partial charge in [-0.05, 0) is 0 Å². The maximum Gasteiger partial charge on any atom is 0.407 e. The summed E-state index contributed by atoms with van der Waals surface area (Å²) in [6.07, 6.45) is 1.81. The highest BCUT2D eigenvalue weighted by molar-refractivity contribution is 8.00. The van der Waals surface area contributed by atoms with Crippen molar-refractivity contribution in [1.29, 1.82) is 0 Å². The van der Waals surface area contributed by atoms with Gasteiger partial charge in [-0.15, -0.1) is 23.1 Å². The number of aryl methyl sites for hydroxylation is 1. The van der Waals surface area contributed by atoms with Gasteiger partial charge >= 0.3 is 12.6 Å². The van der Waals surface area contributed by atoms with Crippen molar-refractivity contribution >= 4 is 51.7 Å². The number of β-lactam (4-membered cyclic amide) rings is 1. The predicted molar refractivity (Wildman–Crippen MR) is 121 cm³/mol. The zero-order valence-electron chi connectivity index (χ0n) is 18.1. The van der Waals surface area contributed by atoms with Crippen molar-refractivity contribution in [3.05, 3.63) is 52.4 Å². The van der Waals surface area contributed by atoms with E-state index < -0.39 is 41.5 Å². The van der Waals surface area contributed by atoms with Crippen LogP contribution < -0.4 is 15.6 Å². The molecule has 2 aliphatic heterocycles. The van der Waals surface area contributed by atoms with Gasteiger partial charge in [0.25, 0.3) is 11.8 Å². The van der Waals surface area contributed by atoms with E-state index in [0.29, 0.717) is 11.3 Å². The number of carbonyl (C=O) groups excluding carboxylic acids is 2. The summed E-state index contributed by atoms with van der Waals surface area (Å²) in [4.78, 5) is 46.7. The first kappa shape index (κ1) is 24.5. The molecule has 35 heavy (non-hydrogen) atoms. The molecule has 2 atom stereocenters. The number of carboxylic acid groups (broad SMARTS) is 1. The highest BCUT2D eigenvalue weighted by atomic mass is 32.2. The van der Waals surface area contributed by atoms with E-state index in [9.17, 15) is 28.3 Å². The number of nitrogen functional groups attached to an aromatic ring is 1. The summed E-state index contributed by atoms with van der Waals surface area (Å²) in [5.41, 5.74) is 6.18. The number of thioether (sulfide) groups is 1. The largest absolute Gasteiger partial charge is 0.477 e. The standard InChI is InChI=1S/C20H18F2N6O5S2/c1-9-4-2-3-5-27(9)6-10-7-34-17-13(16(30)28(17)14(10)18(31)32)25-15(29)12(26-33-19(21)22)11-8-35-20(23)24-11/h2-5,8,13,17,19H,6-7H2,1H3,(H3-,23,24,25,29,31,32)/p+1/t13?,17-/m0/s1. The average Bonchev–Trinajstić information content (AvgIpc) is 3.24. The van der Waals surface area contributed by atoms with Crippen LogP contribution in [0.25, 0.3) is 0 Å². The maximum atomic E-state index is 12.9. The number of anilines is 1. The first-order chi connectivity index (χ1) is 16.7. The molecule has 4 heterocycles. The third kappa shape index (κ3) is 4.95. The molecule has 0 radical (unpaired) electrons. The summed E-state index contributed by atoms with van der Waals surface area (Å²) in [6, 6.07) is 4.47. The van der Waals surface area contributed by atoms with E-state index >= 15 is 0 Å². The maximum absolute atomic E-state index is 12.9. The number of pyridine rings is 1. The van der Waals surface area contributed by atoms with Crippen molar-refractivity contribution in [2.45, 2.75) is 31.5 Å². The average molecular weight is 526 g/mol. The van der Waals surface area contributed by atoms with E-state index in [2.05, 4.69) is 20.3 Å². The second-order valence-electron chi connectivity index (χ2n) is 7.47. The first-order valence-corrected chi connectivity index (χ1v) is 12.0. The summed E-state index contributed by atoms with van der Waals surface area (Å²) in [7, 11) is 0. The van der Waals surface area contributed by atoms with E-state index in [1.165, 1.54) is 17.1 Å². The van der Waals surface area contributed by atoms with Gasteiger partial charge < -0.3 is 21.0 Å². The zero-order chi connectivity index (χ0) is 25.3. The van der Waals surface area contributed by atoms with Crippen molar-refractivity contribution in [1.82, 2.24) is 15.2 Å². The molecule has 11 nitrogen and oxygen atoms in total.